The Morgan fingerprint density at radius 2 is 0.538 bits per heavy atom. The Bertz CT molecular complexity index is 24.1. The molecule has 0 amide bonds. The summed E-state index contributed by atoms with van der Waals surface area (Å²) in [4.78, 5) is 0. The molecule has 0 saturated carbocycles. The summed E-state index contributed by atoms with van der Waals surface area (Å²) in [6.07, 6.45) is 0. The van der Waals surface area contributed by atoms with E-state index in [0.717, 1.165) is 26.2 Å². The van der Waals surface area contributed by atoms with Gasteiger partial charge in [-0.25, -0.2) is 0 Å². The second kappa shape index (κ2) is 78.6. The average molecular weight is 359 g/mol. The van der Waals surface area contributed by atoms with Crippen LogP contribution >= 0.6 is 0 Å². The van der Waals surface area contributed by atoms with Crippen molar-refractivity contribution in [1.82, 2.24) is 0 Å². The van der Waals surface area contributed by atoms with Crippen molar-refractivity contribution in [3.63, 3.8) is 0 Å². The minimum absolute atomic E-state index is 0. The first-order valence-corrected chi connectivity index (χ1v) is 4.46. The zero-order chi connectivity index (χ0) is 10.8. The molecule has 0 unspecified atom stereocenters. The Hall–Kier alpha value is 0.710. The molecule has 5 heteroatoms. The van der Waals surface area contributed by atoms with Crippen molar-refractivity contribution in [3.8, 4) is 0 Å². The van der Waals surface area contributed by atoms with Crippen LogP contribution in [-0.2, 0) is 25.8 Å². The third-order valence-corrected chi connectivity index (χ3v) is 0. The summed E-state index contributed by atoms with van der Waals surface area (Å²) >= 11 is 0. The van der Waals surface area contributed by atoms with Crippen LogP contribution in [0.1, 0.15) is 27.7 Å². The summed E-state index contributed by atoms with van der Waals surface area (Å²) in [7, 11) is 0. The van der Waals surface area contributed by atoms with Crippen LogP contribution in [0.3, 0.4) is 0 Å². The molecule has 0 aromatic rings. The molecule has 84 valence electrons. The summed E-state index contributed by atoms with van der Waals surface area (Å²) < 4.78 is 0. The number of nitrogens with two attached hydrogens (primary N) is 4. The van der Waals surface area contributed by atoms with E-state index in [-0.39, 0.29) is 25.8 Å². The van der Waals surface area contributed by atoms with Crippen molar-refractivity contribution < 1.29 is 25.8 Å². The Kier molecular flexibility index (Phi) is 176. The van der Waals surface area contributed by atoms with Crippen LogP contribution in [0, 0.1) is 0 Å². The first-order valence-electron chi connectivity index (χ1n) is 4.46. The van der Waals surface area contributed by atoms with Gasteiger partial charge in [-0.3, -0.25) is 0 Å². The molecule has 0 rings (SSSR count). The average Bonchev–Trinajstić information content (AvgIpc) is 1.92. The zero-order valence-electron chi connectivity index (χ0n) is 9.64. The number of hydrogen-bond donors (Lipinski definition) is 4. The molecule has 0 aliphatic heterocycles. The van der Waals surface area contributed by atoms with E-state index in [0.29, 0.717) is 0 Å². The predicted molar refractivity (Wildman–Crippen MR) is 58.9 cm³/mol. The van der Waals surface area contributed by atoms with E-state index in [9.17, 15) is 0 Å². The van der Waals surface area contributed by atoms with E-state index in [1.807, 2.05) is 27.7 Å². The van der Waals surface area contributed by atoms with E-state index in [1.165, 1.54) is 0 Å². The fraction of sp³-hybridized carbons (Fsp3) is 1.00. The Labute approximate surface area is 103 Å². The van der Waals surface area contributed by atoms with E-state index < -0.39 is 0 Å². The normalized spacial score (nSPS) is 5.54. The second-order valence-electron chi connectivity index (χ2n) is 1.63. The van der Waals surface area contributed by atoms with Crippen LogP contribution in [0.4, 0.5) is 0 Å². The van der Waals surface area contributed by atoms with Crippen LogP contribution in [0.25, 0.3) is 0 Å². The zero-order valence-corrected chi connectivity index (χ0v) is 13.2. The third kappa shape index (κ3) is 2890. The van der Waals surface area contributed by atoms with Crippen LogP contribution in [-0.4, -0.2) is 26.2 Å². The molecular weight excluding hydrogens is 331 g/mol. The minimum atomic E-state index is 0. The number of rotatable bonds is 0. The standard InChI is InChI=1S/4C2H7N.Hf/c4*1-2-3;/h4*2-3H2,1H3;. The van der Waals surface area contributed by atoms with Crippen molar-refractivity contribution >= 4 is 0 Å². The molecule has 0 spiro atoms. The number of hydrogen-bond acceptors (Lipinski definition) is 4. The van der Waals surface area contributed by atoms with Gasteiger partial charge in [0, 0.05) is 25.8 Å². The Morgan fingerprint density at radius 1 is 0.538 bits per heavy atom. The summed E-state index contributed by atoms with van der Waals surface area (Å²) in [6, 6.07) is 0. The quantitative estimate of drug-likeness (QED) is 0.452. The molecule has 0 heterocycles. The van der Waals surface area contributed by atoms with Crippen LogP contribution in [0.5, 0.6) is 0 Å². The van der Waals surface area contributed by atoms with Crippen molar-refractivity contribution in [1.29, 1.82) is 0 Å². The molecule has 0 atom stereocenters. The molecule has 0 aromatic carbocycles. The Morgan fingerprint density at radius 3 is 0.538 bits per heavy atom. The van der Waals surface area contributed by atoms with Gasteiger partial charge in [-0.2, -0.15) is 0 Å². The molecule has 0 bridgehead atoms. The maximum atomic E-state index is 4.85. The molecule has 0 saturated heterocycles. The molecule has 0 aliphatic carbocycles. The van der Waals surface area contributed by atoms with E-state index >= 15 is 0 Å². The predicted octanol–water partition coefficient (Wildman–Crippen LogP) is -0.142. The minimum Gasteiger partial charge on any atom is -0.331 e. The largest absolute Gasteiger partial charge is 0.331 e. The molecule has 13 heavy (non-hydrogen) atoms. The van der Waals surface area contributed by atoms with Crippen molar-refractivity contribution in [3.05, 3.63) is 0 Å². The molecule has 0 aliphatic rings. The summed E-state index contributed by atoms with van der Waals surface area (Å²) in [5.41, 5.74) is 19.4. The maximum Gasteiger partial charge on any atom is 0 e. The molecule has 8 N–H and O–H groups in total. The van der Waals surface area contributed by atoms with E-state index in [2.05, 4.69) is 0 Å². The van der Waals surface area contributed by atoms with Gasteiger partial charge in [0.2, 0.25) is 0 Å². The molecule has 0 fully saturated rings. The summed E-state index contributed by atoms with van der Waals surface area (Å²) in [6.45, 7) is 10.6. The molecular formula is C8H28HfN4. The fourth-order valence-electron chi connectivity index (χ4n) is 0. The summed E-state index contributed by atoms with van der Waals surface area (Å²) in [5, 5.41) is 0. The van der Waals surface area contributed by atoms with Crippen molar-refractivity contribution in [2.75, 3.05) is 26.2 Å². The smallest absolute Gasteiger partial charge is 0 e. The van der Waals surface area contributed by atoms with Gasteiger partial charge in [-0.05, 0) is 26.2 Å². The molecule has 4 nitrogen and oxygen atoms in total. The third-order valence-electron chi connectivity index (χ3n) is 0. The Balaban J connectivity index is -0.0000000213. The van der Waals surface area contributed by atoms with Crippen molar-refractivity contribution in [2.24, 2.45) is 22.9 Å². The van der Waals surface area contributed by atoms with Gasteiger partial charge < -0.3 is 22.9 Å². The van der Waals surface area contributed by atoms with Crippen molar-refractivity contribution in [2.45, 2.75) is 27.7 Å². The van der Waals surface area contributed by atoms with Gasteiger partial charge in [-0.1, -0.05) is 27.7 Å². The topological polar surface area (TPSA) is 104 Å². The van der Waals surface area contributed by atoms with Crippen LogP contribution in [0.15, 0.2) is 0 Å². The SMILES string of the molecule is CCN.CCN.CCN.CCN.[Hf]. The van der Waals surface area contributed by atoms with Gasteiger partial charge >= 0.3 is 0 Å². The van der Waals surface area contributed by atoms with Gasteiger partial charge in [0.25, 0.3) is 0 Å². The second-order valence-corrected chi connectivity index (χ2v) is 1.63. The van der Waals surface area contributed by atoms with E-state index in [4.69, 9.17) is 22.9 Å². The van der Waals surface area contributed by atoms with E-state index in [1.54, 1.807) is 0 Å². The van der Waals surface area contributed by atoms with Gasteiger partial charge in [0.1, 0.15) is 0 Å². The first kappa shape index (κ1) is 29.2. The van der Waals surface area contributed by atoms with Gasteiger partial charge in [0.05, 0.1) is 0 Å². The molecule has 0 radical (unpaired) electrons. The fourth-order valence-corrected chi connectivity index (χ4v) is 0. The van der Waals surface area contributed by atoms with Crippen LogP contribution < -0.4 is 22.9 Å². The van der Waals surface area contributed by atoms with Crippen LogP contribution in [0.2, 0.25) is 0 Å². The van der Waals surface area contributed by atoms with Gasteiger partial charge in [-0.15, -0.1) is 0 Å². The maximum absolute atomic E-state index is 4.85. The molecule has 0 aromatic heterocycles. The van der Waals surface area contributed by atoms with Gasteiger partial charge in [0.15, 0.2) is 0 Å². The first-order chi connectivity index (χ1) is 5.66. The monoisotopic (exact) mass is 360 g/mol. The summed E-state index contributed by atoms with van der Waals surface area (Å²) in [5.74, 6) is 0.